The summed E-state index contributed by atoms with van der Waals surface area (Å²) in [4.78, 5) is 23.9. The van der Waals surface area contributed by atoms with E-state index in [-0.39, 0.29) is 18.1 Å². The van der Waals surface area contributed by atoms with E-state index in [9.17, 15) is 14.7 Å². The maximum absolute atomic E-state index is 12.5. The van der Waals surface area contributed by atoms with Gasteiger partial charge < -0.3 is 15.2 Å². The van der Waals surface area contributed by atoms with Crippen molar-refractivity contribution in [2.24, 2.45) is 11.8 Å². The van der Waals surface area contributed by atoms with Gasteiger partial charge in [-0.3, -0.25) is 9.59 Å². The Morgan fingerprint density at radius 3 is 2.57 bits per heavy atom. The largest absolute Gasteiger partial charge is 0.481 e. The minimum absolute atomic E-state index is 0.277. The fourth-order valence-corrected chi connectivity index (χ4v) is 3.85. The van der Waals surface area contributed by atoms with Gasteiger partial charge in [0.15, 0.2) is 0 Å². The third-order valence-electron chi connectivity index (χ3n) is 4.24. The molecule has 5 nitrogen and oxygen atoms in total. The number of rotatable bonds is 3. The summed E-state index contributed by atoms with van der Waals surface area (Å²) in [7, 11) is 0. The summed E-state index contributed by atoms with van der Waals surface area (Å²) in [6.45, 7) is 1.96. The third-order valence-corrected chi connectivity index (χ3v) is 4.90. The number of carboxylic acids is 1. The lowest BCUT2D eigenvalue weighted by Gasteiger charge is -2.24. The normalized spacial score (nSPS) is 30.4. The molecule has 21 heavy (non-hydrogen) atoms. The molecular weight excluding hydrogens is 338 g/mol. The molecule has 1 aromatic carbocycles. The van der Waals surface area contributed by atoms with Gasteiger partial charge in [0.05, 0.1) is 29.7 Å². The van der Waals surface area contributed by atoms with E-state index >= 15 is 0 Å². The Hall–Kier alpha value is -1.40. The molecule has 0 unspecified atom stereocenters. The van der Waals surface area contributed by atoms with Crippen molar-refractivity contribution in [1.29, 1.82) is 0 Å². The molecule has 0 spiro atoms. The number of amides is 1. The van der Waals surface area contributed by atoms with Gasteiger partial charge in [0.2, 0.25) is 5.91 Å². The zero-order chi connectivity index (χ0) is 15.1. The lowest BCUT2D eigenvalue weighted by molar-refractivity contribution is -0.147. The van der Waals surface area contributed by atoms with Crippen molar-refractivity contribution in [3.8, 4) is 0 Å². The molecule has 2 heterocycles. The summed E-state index contributed by atoms with van der Waals surface area (Å²) < 4.78 is 6.40. The van der Waals surface area contributed by atoms with Gasteiger partial charge in [-0.15, -0.1) is 0 Å². The van der Waals surface area contributed by atoms with Crippen LogP contribution in [0.4, 0.5) is 5.69 Å². The number of benzene rings is 1. The molecule has 1 amide bonds. The molecule has 2 aliphatic heterocycles. The zero-order valence-electron chi connectivity index (χ0n) is 11.5. The summed E-state index contributed by atoms with van der Waals surface area (Å²) in [5.41, 5.74) is 1.73. The van der Waals surface area contributed by atoms with Gasteiger partial charge in [0.25, 0.3) is 0 Å². The Morgan fingerprint density at radius 2 is 1.95 bits per heavy atom. The molecule has 2 fully saturated rings. The van der Waals surface area contributed by atoms with Crippen LogP contribution in [0.2, 0.25) is 0 Å². The fraction of sp³-hybridized carbons (Fsp3) is 0.467. The van der Waals surface area contributed by atoms with Gasteiger partial charge in [0, 0.05) is 4.47 Å². The minimum Gasteiger partial charge on any atom is -0.481 e. The van der Waals surface area contributed by atoms with E-state index in [0.29, 0.717) is 5.69 Å². The summed E-state index contributed by atoms with van der Waals surface area (Å²) in [5, 5.41) is 12.2. The molecule has 6 heteroatoms. The van der Waals surface area contributed by atoms with Crippen LogP contribution in [0, 0.1) is 18.8 Å². The van der Waals surface area contributed by atoms with Crippen LogP contribution in [0.1, 0.15) is 18.4 Å². The van der Waals surface area contributed by atoms with Crippen molar-refractivity contribution < 1.29 is 19.4 Å². The molecule has 0 radical (unpaired) electrons. The van der Waals surface area contributed by atoms with Gasteiger partial charge >= 0.3 is 5.97 Å². The molecular formula is C15H16BrNO4. The average Bonchev–Trinajstić information content (AvgIpc) is 3.02. The Bertz CT molecular complexity index is 603. The Kier molecular flexibility index (Phi) is 3.75. The smallest absolute Gasteiger partial charge is 0.310 e. The second-order valence-corrected chi connectivity index (χ2v) is 6.51. The number of fused-ring (bicyclic) bond motifs is 2. The number of halogens is 1. The van der Waals surface area contributed by atoms with Gasteiger partial charge in [-0.1, -0.05) is 6.07 Å². The second-order valence-electron chi connectivity index (χ2n) is 5.65. The van der Waals surface area contributed by atoms with Crippen LogP contribution in [0.25, 0.3) is 0 Å². The first-order valence-corrected chi connectivity index (χ1v) is 7.72. The molecule has 2 N–H and O–H groups in total. The second kappa shape index (κ2) is 5.42. The summed E-state index contributed by atoms with van der Waals surface area (Å²) in [6.07, 6.45) is 0.867. The SMILES string of the molecule is Cc1ccc(NC(=O)[C@@H]2[C@H](C(=O)O)[C@H]3CC[C@H]2O3)c(Br)c1. The van der Waals surface area contributed by atoms with E-state index in [0.717, 1.165) is 22.9 Å². The molecule has 0 aliphatic carbocycles. The Morgan fingerprint density at radius 1 is 1.29 bits per heavy atom. The first kappa shape index (κ1) is 14.5. The molecule has 3 rings (SSSR count). The lowest BCUT2D eigenvalue weighted by atomic mass is 9.78. The molecule has 0 saturated carbocycles. The monoisotopic (exact) mass is 353 g/mol. The maximum atomic E-state index is 12.5. The zero-order valence-corrected chi connectivity index (χ0v) is 13.1. The van der Waals surface area contributed by atoms with Crippen LogP contribution in [0.15, 0.2) is 22.7 Å². The van der Waals surface area contributed by atoms with Crippen LogP contribution in [-0.4, -0.2) is 29.2 Å². The Labute approximate surface area is 130 Å². The number of ether oxygens (including phenoxy) is 1. The summed E-state index contributed by atoms with van der Waals surface area (Å²) in [6, 6.07) is 5.61. The van der Waals surface area contributed by atoms with Gasteiger partial charge in [-0.25, -0.2) is 0 Å². The predicted molar refractivity (Wildman–Crippen MR) is 80.0 cm³/mol. The fourth-order valence-electron chi connectivity index (χ4n) is 3.26. The Balaban J connectivity index is 1.80. The van der Waals surface area contributed by atoms with Crippen LogP contribution in [-0.2, 0) is 14.3 Å². The van der Waals surface area contributed by atoms with Gasteiger partial charge in [-0.2, -0.15) is 0 Å². The van der Waals surface area contributed by atoms with Crippen molar-refractivity contribution in [1.82, 2.24) is 0 Å². The van der Waals surface area contributed by atoms with Gasteiger partial charge in [0.1, 0.15) is 0 Å². The molecule has 2 aliphatic rings. The number of carbonyl (C=O) groups excluding carboxylic acids is 1. The quantitative estimate of drug-likeness (QED) is 0.875. The van der Waals surface area contributed by atoms with Crippen LogP contribution in [0.3, 0.4) is 0 Å². The van der Waals surface area contributed by atoms with Crippen molar-refractivity contribution in [3.05, 3.63) is 28.2 Å². The van der Waals surface area contributed by atoms with E-state index in [2.05, 4.69) is 21.2 Å². The van der Waals surface area contributed by atoms with Crippen molar-refractivity contribution >= 4 is 33.5 Å². The van der Waals surface area contributed by atoms with Crippen LogP contribution < -0.4 is 5.32 Å². The first-order chi connectivity index (χ1) is 9.97. The average molecular weight is 354 g/mol. The number of hydrogen-bond acceptors (Lipinski definition) is 3. The molecule has 0 aromatic heterocycles. The van der Waals surface area contributed by atoms with Crippen molar-refractivity contribution in [3.63, 3.8) is 0 Å². The van der Waals surface area contributed by atoms with E-state index in [1.807, 2.05) is 19.1 Å². The number of hydrogen-bond donors (Lipinski definition) is 2. The van der Waals surface area contributed by atoms with Crippen LogP contribution >= 0.6 is 15.9 Å². The van der Waals surface area contributed by atoms with E-state index in [1.54, 1.807) is 6.07 Å². The predicted octanol–water partition coefficient (Wildman–Crippen LogP) is 2.57. The number of carboxylic acid groups (broad SMARTS) is 1. The van der Waals surface area contributed by atoms with Crippen molar-refractivity contribution in [2.75, 3.05) is 5.32 Å². The molecule has 2 saturated heterocycles. The summed E-state index contributed by atoms with van der Waals surface area (Å²) >= 11 is 3.41. The third kappa shape index (κ3) is 2.58. The minimum atomic E-state index is -0.953. The highest BCUT2D eigenvalue weighted by Gasteiger charge is 2.55. The highest BCUT2D eigenvalue weighted by atomic mass is 79.9. The molecule has 2 bridgehead atoms. The maximum Gasteiger partial charge on any atom is 0.310 e. The van der Waals surface area contributed by atoms with E-state index < -0.39 is 17.8 Å². The lowest BCUT2D eigenvalue weighted by Crippen LogP contribution is -2.41. The number of anilines is 1. The number of aryl methyl sites for hydroxylation is 1. The van der Waals surface area contributed by atoms with Crippen LogP contribution in [0.5, 0.6) is 0 Å². The molecule has 112 valence electrons. The summed E-state index contributed by atoms with van der Waals surface area (Å²) in [5.74, 6) is -2.59. The highest BCUT2D eigenvalue weighted by molar-refractivity contribution is 9.10. The highest BCUT2D eigenvalue weighted by Crippen LogP contribution is 2.44. The number of nitrogens with one attached hydrogen (secondary N) is 1. The number of carbonyl (C=O) groups is 2. The topological polar surface area (TPSA) is 75.6 Å². The molecule has 1 aromatic rings. The number of aliphatic carboxylic acids is 1. The van der Waals surface area contributed by atoms with Crippen molar-refractivity contribution in [2.45, 2.75) is 32.0 Å². The van der Waals surface area contributed by atoms with Gasteiger partial charge in [-0.05, 0) is 53.4 Å². The molecule has 4 atom stereocenters. The first-order valence-electron chi connectivity index (χ1n) is 6.92. The van der Waals surface area contributed by atoms with E-state index in [4.69, 9.17) is 4.74 Å². The van der Waals surface area contributed by atoms with E-state index in [1.165, 1.54) is 0 Å². The standard InChI is InChI=1S/C15H16BrNO4/c1-7-2-3-9(8(16)6-7)17-14(18)12-10-4-5-11(21-10)13(12)15(19)20/h2-3,6,10-13H,4-5H2,1H3,(H,17,18)(H,19,20)/t10-,11-,12+,13-/m1/s1.